The average Bonchev–Trinajstić information content (AvgIpc) is 2.18. The van der Waals surface area contributed by atoms with Crippen LogP contribution in [-0.4, -0.2) is 16.1 Å². The zero-order valence-electron chi connectivity index (χ0n) is 7.75. The van der Waals surface area contributed by atoms with Crippen LogP contribution in [0.5, 0.6) is 0 Å². The van der Waals surface area contributed by atoms with Crippen LogP contribution in [0.15, 0.2) is 10.8 Å². The van der Waals surface area contributed by atoms with Crippen molar-refractivity contribution in [2.45, 2.75) is 12.8 Å². The molecule has 0 amide bonds. The number of carboxylic acids is 1. The number of aliphatic carboxylic acids is 1. The summed E-state index contributed by atoms with van der Waals surface area (Å²) in [6, 6.07) is 1.58. The second kappa shape index (κ2) is 4.99. The lowest BCUT2D eigenvalue weighted by Crippen LogP contribution is -2.07. The van der Waals surface area contributed by atoms with Crippen LogP contribution < -0.4 is 0 Å². The van der Waals surface area contributed by atoms with Crippen molar-refractivity contribution >= 4 is 21.9 Å². The maximum absolute atomic E-state index is 12.7. The van der Waals surface area contributed by atoms with Gasteiger partial charge < -0.3 is 5.11 Å². The van der Waals surface area contributed by atoms with Crippen molar-refractivity contribution in [1.82, 2.24) is 4.98 Å². The van der Waals surface area contributed by atoms with Crippen molar-refractivity contribution in [2.24, 2.45) is 0 Å². The number of alkyl halides is 2. The van der Waals surface area contributed by atoms with E-state index in [0.717, 1.165) is 6.20 Å². The van der Waals surface area contributed by atoms with Gasteiger partial charge in [0.2, 0.25) is 0 Å². The molecular formula is C9H5BrF2N2O2. The van der Waals surface area contributed by atoms with Crippen molar-refractivity contribution in [3.8, 4) is 6.07 Å². The molecule has 1 heterocycles. The monoisotopic (exact) mass is 290 g/mol. The summed E-state index contributed by atoms with van der Waals surface area (Å²) < 4.78 is 25.4. The molecule has 0 saturated heterocycles. The fourth-order valence-corrected chi connectivity index (χ4v) is 1.60. The quantitative estimate of drug-likeness (QED) is 0.867. The van der Waals surface area contributed by atoms with Crippen LogP contribution in [0.4, 0.5) is 8.78 Å². The number of nitriles is 1. The number of carboxylic acid groups (broad SMARTS) is 1. The van der Waals surface area contributed by atoms with Gasteiger partial charge in [-0.2, -0.15) is 5.26 Å². The molecule has 0 aliphatic carbocycles. The molecule has 0 aromatic carbocycles. The number of rotatable bonds is 3. The summed E-state index contributed by atoms with van der Waals surface area (Å²) in [5, 5.41) is 17.2. The average molecular weight is 291 g/mol. The molecule has 4 nitrogen and oxygen atoms in total. The fourth-order valence-electron chi connectivity index (χ4n) is 1.20. The predicted molar refractivity (Wildman–Crippen MR) is 52.9 cm³/mol. The van der Waals surface area contributed by atoms with E-state index in [2.05, 4.69) is 20.9 Å². The van der Waals surface area contributed by atoms with Crippen LogP contribution in [0.3, 0.4) is 0 Å². The van der Waals surface area contributed by atoms with E-state index in [1.807, 2.05) is 0 Å². The third-order valence-electron chi connectivity index (χ3n) is 1.83. The van der Waals surface area contributed by atoms with E-state index in [9.17, 15) is 13.6 Å². The lowest BCUT2D eigenvalue weighted by molar-refractivity contribution is -0.136. The van der Waals surface area contributed by atoms with E-state index in [1.165, 1.54) is 0 Å². The Morgan fingerprint density at radius 3 is 2.75 bits per heavy atom. The largest absolute Gasteiger partial charge is 0.481 e. The van der Waals surface area contributed by atoms with Gasteiger partial charge in [-0.3, -0.25) is 4.79 Å². The second-order valence-electron chi connectivity index (χ2n) is 2.85. The summed E-state index contributed by atoms with van der Waals surface area (Å²) in [5.41, 5.74) is -1.05. The molecule has 0 fully saturated rings. The molecule has 0 unspecified atom stereocenters. The lowest BCUT2D eigenvalue weighted by atomic mass is 10.0. The molecule has 0 radical (unpaired) electrons. The van der Waals surface area contributed by atoms with Crippen molar-refractivity contribution < 1.29 is 18.7 Å². The highest BCUT2D eigenvalue weighted by atomic mass is 79.9. The number of nitrogens with zero attached hydrogens (tertiary/aromatic N) is 2. The van der Waals surface area contributed by atoms with Gasteiger partial charge >= 0.3 is 5.97 Å². The van der Waals surface area contributed by atoms with Crippen LogP contribution in [0.2, 0.25) is 0 Å². The van der Waals surface area contributed by atoms with Crippen LogP contribution in [0.1, 0.15) is 23.1 Å². The summed E-state index contributed by atoms with van der Waals surface area (Å²) in [4.78, 5) is 14.1. The first kappa shape index (κ1) is 12.5. The molecule has 1 rings (SSSR count). The minimum absolute atomic E-state index is 0.0144. The van der Waals surface area contributed by atoms with E-state index < -0.39 is 24.4 Å². The number of pyridine rings is 1. The van der Waals surface area contributed by atoms with Gasteiger partial charge in [-0.05, 0) is 21.5 Å². The molecule has 0 saturated carbocycles. The molecular weight excluding hydrogens is 286 g/mol. The lowest BCUT2D eigenvalue weighted by Gasteiger charge is -2.09. The minimum Gasteiger partial charge on any atom is -0.481 e. The summed E-state index contributed by atoms with van der Waals surface area (Å²) in [5.74, 6) is -1.25. The topological polar surface area (TPSA) is 74.0 Å². The van der Waals surface area contributed by atoms with Crippen molar-refractivity contribution in [3.63, 3.8) is 0 Å². The van der Waals surface area contributed by atoms with Crippen LogP contribution in [-0.2, 0) is 11.2 Å². The number of hydrogen-bond donors (Lipinski definition) is 1. The predicted octanol–water partition coefficient (Wildman–Crippen LogP) is 2.28. The maximum atomic E-state index is 12.7. The SMILES string of the molecule is N#Cc1c(Br)ncc(CC(=O)O)c1C(F)F. The van der Waals surface area contributed by atoms with E-state index in [0.29, 0.717) is 0 Å². The van der Waals surface area contributed by atoms with Gasteiger partial charge in [0.25, 0.3) is 6.43 Å². The molecule has 0 atom stereocenters. The Morgan fingerprint density at radius 2 is 2.31 bits per heavy atom. The number of halogens is 3. The standard InChI is InChI=1S/C9H5BrF2N2O2/c10-8-5(2-13)7(9(11)12)4(3-14-8)1-6(15)16/h3,9H,1H2,(H,15,16). The van der Waals surface area contributed by atoms with E-state index in [4.69, 9.17) is 10.4 Å². The molecule has 0 spiro atoms. The van der Waals surface area contributed by atoms with Gasteiger partial charge in [0.05, 0.1) is 12.0 Å². The molecule has 84 valence electrons. The highest BCUT2D eigenvalue weighted by molar-refractivity contribution is 9.10. The molecule has 1 N–H and O–H groups in total. The minimum atomic E-state index is -2.91. The Kier molecular flexibility index (Phi) is 3.90. The number of hydrogen-bond acceptors (Lipinski definition) is 3. The Hall–Kier alpha value is -1.55. The smallest absolute Gasteiger partial charge is 0.307 e. The van der Waals surface area contributed by atoms with E-state index >= 15 is 0 Å². The Balaban J connectivity index is 3.40. The molecule has 7 heteroatoms. The molecule has 0 aliphatic rings. The zero-order chi connectivity index (χ0) is 12.3. The molecule has 1 aromatic rings. The van der Waals surface area contributed by atoms with Gasteiger partial charge in [-0.1, -0.05) is 0 Å². The van der Waals surface area contributed by atoms with Crippen molar-refractivity contribution in [1.29, 1.82) is 5.26 Å². The first-order valence-electron chi connectivity index (χ1n) is 4.04. The second-order valence-corrected chi connectivity index (χ2v) is 3.60. The summed E-state index contributed by atoms with van der Waals surface area (Å²) in [6.45, 7) is 0. The maximum Gasteiger partial charge on any atom is 0.307 e. The van der Waals surface area contributed by atoms with Gasteiger partial charge in [0, 0.05) is 11.8 Å². The summed E-state index contributed by atoms with van der Waals surface area (Å²) in [7, 11) is 0. The Morgan fingerprint density at radius 1 is 1.69 bits per heavy atom. The fraction of sp³-hybridized carbons (Fsp3) is 0.222. The third-order valence-corrected chi connectivity index (χ3v) is 2.43. The molecule has 16 heavy (non-hydrogen) atoms. The van der Waals surface area contributed by atoms with Crippen molar-refractivity contribution in [2.75, 3.05) is 0 Å². The first-order chi connectivity index (χ1) is 7.47. The van der Waals surface area contributed by atoms with Gasteiger partial charge in [-0.15, -0.1) is 0 Å². The van der Waals surface area contributed by atoms with Crippen LogP contribution in [0.25, 0.3) is 0 Å². The molecule has 0 aliphatic heterocycles. The van der Waals surface area contributed by atoms with Crippen LogP contribution in [0, 0.1) is 11.3 Å². The third kappa shape index (κ3) is 2.52. The molecule has 0 bridgehead atoms. The Bertz CT molecular complexity index is 471. The summed E-state index contributed by atoms with van der Waals surface area (Å²) >= 11 is 2.86. The van der Waals surface area contributed by atoms with Crippen molar-refractivity contribution in [3.05, 3.63) is 27.5 Å². The first-order valence-corrected chi connectivity index (χ1v) is 4.84. The van der Waals surface area contributed by atoms with Gasteiger partial charge in [0.15, 0.2) is 0 Å². The highest BCUT2D eigenvalue weighted by Crippen LogP contribution is 2.30. The normalized spacial score (nSPS) is 10.2. The van der Waals surface area contributed by atoms with E-state index in [-0.39, 0.29) is 15.7 Å². The highest BCUT2D eigenvalue weighted by Gasteiger charge is 2.22. The van der Waals surface area contributed by atoms with Gasteiger partial charge in [-0.25, -0.2) is 13.8 Å². The molecule has 1 aromatic heterocycles. The van der Waals surface area contributed by atoms with Crippen LogP contribution >= 0.6 is 15.9 Å². The van der Waals surface area contributed by atoms with Gasteiger partial charge in [0.1, 0.15) is 10.7 Å². The Labute approximate surface area is 97.7 Å². The number of aromatic nitrogens is 1. The summed E-state index contributed by atoms with van der Waals surface area (Å²) in [6.07, 6.45) is -2.47. The van der Waals surface area contributed by atoms with E-state index in [1.54, 1.807) is 6.07 Å². The zero-order valence-corrected chi connectivity index (χ0v) is 9.33. The number of carbonyl (C=O) groups is 1.